The first-order valence-corrected chi connectivity index (χ1v) is 11.3. The Morgan fingerprint density at radius 1 is 1.06 bits per heavy atom. The number of phenols is 1. The maximum Gasteiger partial charge on any atom is 0.408 e. The average molecular weight is 479 g/mol. The Hall–Kier alpha value is -3.30. The van der Waals surface area contributed by atoms with Crippen LogP contribution in [0.5, 0.6) is 5.75 Å². The first-order valence-electron chi connectivity index (χ1n) is 11.3. The van der Waals surface area contributed by atoms with Crippen molar-refractivity contribution in [3.8, 4) is 5.75 Å². The van der Waals surface area contributed by atoms with Crippen molar-refractivity contribution in [3.05, 3.63) is 29.8 Å². The van der Waals surface area contributed by atoms with E-state index in [4.69, 9.17) is 10.5 Å². The number of para-hydroxylation sites is 1. The summed E-state index contributed by atoms with van der Waals surface area (Å²) in [5.41, 5.74) is 4.70. The molecule has 0 spiro atoms. The molecular weight excluding hydrogens is 440 g/mol. The Balaban J connectivity index is 3.47. The number of nitrogens with zero attached hydrogens (tertiary/aromatic N) is 1. The van der Waals surface area contributed by atoms with Gasteiger partial charge in [0.1, 0.15) is 23.4 Å². The van der Waals surface area contributed by atoms with Crippen molar-refractivity contribution in [2.45, 2.75) is 91.1 Å². The van der Waals surface area contributed by atoms with Gasteiger partial charge in [-0.3, -0.25) is 14.4 Å². The van der Waals surface area contributed by atoms with Gasteiger partial charge in [-0.05, 0) is 61.0 Å². The molecule has 4 amide bonds. The first-order chi connectivity index (χ1) is 15.6. The van der Waals surface area contributed by atoms with E-state index in [2.05, 4.69) is 10.6 Å². The van der Waals surface area contributed by atoms with Crippen molar-refractivity contribution in [1.82, 2.24) is 15.5 Å². The number of aromatic hydroxyl groups is 1. The Morgan fingerprint density at radius 2 is 1.65 bits per heavy atom. The van der Waals surface area contributed by atoms with Gasteiger partial charge in [-0.25, -0.2) is 4.79 Å². The number of rotatable bonds is 10. The van der Waals surface area contributed by atoms with Crippen molar-refractivity contribution in [1.29, 1.82) is 0 Å². The zero-order valence-electron chi connectivity index (χ0n) is 21.0. The number of amides is 4. The highest BCUT2D eigenvalue weighted by Crippen LogP contribution is 2.31. The quantitative estimate of drug-likeness (QED) is 0.405. The second-order valence-corrected chi connectivity index (χ2v) is 9.67. The molecule has 10 heteroatoms. The molecule has 0 saturated heterocycles. The Bertz CT molecular complexity index is 878. The van der Waals surface area contributed by atoms with Crippen molar-refractivity contribution in [3.63, 3.8) is 0 Å². The summed E-state index contributed by atoms with van der Waals surface area (Å²) in [5, 5.41) is 15.8. The fourth-order valence-electron chi connectivity index (χ4n) is 3.35. The summed E-state index contributed by atoms with van der Waals surface area (Å²) in [7, 11) is 0. The monoisotopic (exact) mass is 478 g/mol. The zero-order chi connectivity index (χ0) is 26.2. The van der Waals surface area contributed by atoms with E-state index in [0.717, 1.165) is 0 Å². The molecule has 5 N–H and O–H groups in total. The van der Waals surface area contributed by atoms with E-state index in [1.54, 1.807) is 66.7 Å². The van der Waals surface area contributed by atoms with Crippen molar-refractivity contribution < 1.29 is 29.0 Å². The number of nitrogens with two attached hydrogens (primary N) is 1. The van der Waals surface area contributed by atoms with E-state index >= 15 is 0 Å². The van der Waals surface area contributed by atoms with Gasteiger partial charge in [0.15, 0.2) is 0 Å². The van der Waals surface area contributed by atoms with Gasteiger partial charge in [0, 0.05) is 24.1 Å². The van der Waals surface area contributed by atoms with Crippen LogP contribution in [0.1, 0.15) is 72.9 Å². The van der Waals surface area contributed by atoms with Crippen molar-refractivity contribution >= 4 is 23.8 Å². The van der Waals surface area contributed by atoms with Crippen molar-refractivity contribution in [2.75, 3.05) is 0 Å². The van der Waals surface area contributed by atoms with Gasteiger partial charge in [0.25, 0.3) is 0 Å². The number of alkyl carbamates (subject to hydrolysis) is 1. The SMILES string of the molecule is CC(C)NC(=O)C(c1ccccc1O)N(C(=O)C(CCC(N)=O)NC(=O)OC(C)(C)C)C(C)C. The largest absolute Gasteiger partial charge is 0.508 e. The van der Waals surface area contributed by atoms with Gasteiger partial charge >= 0.3 is 6.09 Å². The Labute approximate surface area is 201 Å². The first kappa shape index (κ1) is 28.7. The van der Waals surface area contributed by atoms with Crippen molar-refractivity contribution in [2.24, 2.45) is 5.73 Å². The fraction of sp³-hybridized carbons (Fsp3) is 0.583. The predicted octanol–water partition coefficient (Wildman–Crippen LogP) is 2.35. The maximum absolute atomic E-state index is 13.8. The molecule has 10 nitrogen and oxygen atoms in total. The highest BCUT2D eigenvalue weighted by Gasteiger charge is 2.39. The summed E-state index contributed by atoms with van der Waals surface area (Å²) in [5.74, 6) is -1.91. The second kappa shape index (κ2) is 12.2. The van der Waals surface area contributed by atoms with Crippen LogP contribution in [0.4, 0.5) is 4.79 Å². The number of carbonyl (C=O) groups excluding carboxylic acids is 4. The summed E-state index contributed by atoms with van der Waals surface area (Å²) in [4.78, 5) is 52.2. The molecule has 0 aliphatic rings. The second-order valence-electron chi connectivity index (χ2n) is 9.67. The highest BCUT2D eigenvalue weighted by molar-refractivity contribution is 5.93. The van der Waals surface area contributed by atoms with Gasteiger partial charge in [-0.1, -0.05) is 18.2 Å². The molecule has 190 valence electrons. The highest BCUT2D eigenvalue weighted by atomic mass is 16.6. The van der Waals surface area contributed by atoms with Crippen LogP contribution in [0.25, 0.3) is 0 Å². The molecule has 1 aromatic rings. The minimum Gasteiger partial charge on any atom is -0.508 e. The average Bonchev–Trinajstić information content (AvgIpc) is 2.67. The minimum atomic E-state index is -1.19. The Kier molecular flexibility index (Phi) is 10.3. The predicted molar refractivity (Wildman–Crippen MR) is 128 cm³/mol. The lowest BCUT2D eigenvalue weighted by atomic mass is 9.99. The summed E-state index contributed by atoms with van der Waals surface area (Å²) < 4.78 is 5.27. The number of hydrogen-bond acceptors (Lipinski definition) is 6. The van der Waals surface area contributed by atoms with Crippen LogP contribution in [-0.2, 0) is 19.1 Å². The van der Waals surface area contributed by atoms with Crippen LogP contribution in [-0.4, -0.2) is 57.5 Å². The van der Waals surface area contributed by atoms with Gasteiger partial charge < -0.3 is 31.1 Å². The van der Waals surface area contributed by atoms with Gasteiger partial charge in [-0.15, -0.1) is 0 Å². The number of hydrogen-bond donors (Lipinski definition) is 4. The molecule has 0 aromatic heterocycles. The van der Waals surface area contributed by atoms with Gasteiger partial charge in [0.2, 0.25) is 17.7 Å². The minimum absolute atomic E-state index is 0.0874. The molecule has 0 aliphatic carbocycles. The number of phenolic OH excluding ortho intramolecular Hbond substituents is 1. The van der Waals surface area contributed by atoms with Crippen LogP contribution in [0.3, 0.4) is 0 Å². The Morgan fingerprint density at radius 3 is 2.12 bits per heavy atom. The molecule has 1 aromatic carbocycles. The number of ether oxygens (including phenoxy) is 1. The standard InChI is InChI=1S/C24H38N4O6/c1-14(2)26-21(31)20(16-10-8-9-11-18(16)29)28(15(3)4)22(32)17(12-13-19(25)30)27-23(33)34-24(5,6)7/h8-11,14-15,17,20,29H,12-13H2,1-7H3,(H2,25,30)(H,26,31)(H,27,33). The van der Waals surface area contributed by atoms with E-state index in [1.807, 2.05) is 0 Å². The number of carbonyl (C=O) groups is 4. The van der Waals surface area contributed by atoms with E-state index < -0.39 is 47.5 Å². The lowest BCUT2D eigenvalue weighted by Gasteiger charge is -2.37. The maximum atomic E-state index is 13.8. The molecule has 1 rings (SSSR count). The number of benzene rings is 1. The molecule has 0 aliphatic heterocycles. The summed E-state index contributed by atoms with van der Waals surface area (Å²) in [6.45, 7) is 12.0. The lowest BCUT2D eigenvalue weighted by molar-refractivity contribution is -0.145. The summed E-state index contributed by atoms with van der Waals surface area (Å²) >= 11 is 0. The molecule has 2 atom stereocenters. The molecule has 0 radical (unpaired) electrons. The third kappa shape index (κ3) is 8.92. The van der Waals surface area contributed by atoms with E-state index in [-0.39, 0.29) is 30.2 Å². The molecule has 0 fully saturated rings. The normalized spacial score (nSPS) is 13.2. The van der Waals surface area contributed by atoms with Gasteiger partial charge in [-0.2, -0.15) is 0 Å². The van der Waals surface area contributed by atoms with Crippen LogP contribution in [0, 0.1) is 0 Å². The van der Waals surface area contributed by atoms with Crippen LogP contribution in [0.2, 0.25) is 0 Å². The summed E-state index contributed by atoms with van der Waals surface area (Å²) in [6, 6.07) is 3.13. The third-order valence-corrected chi connectivity index (χ3v) is 4.67. The van der Waals surface area contributed by atoms with E-state index in [0.29, 0.717) is 0 Å². The topological polar surface area (TPSA) is 151 Å². The van der Waals surface area contributed by atoms with Gasteiger partial charge in [0.05, 0.1) is 0 Å². The molecular formula is C24H38N4O6. The summed E-state index contributed by atoms with van der Waals surface area (Å²) in [6.07, 6.45) is -1.10. The van der Waals surface area contributed by atoms with E-state index in [1.165, 1.54) is 11.0 Å². The third-order valence-electron chi connectivity index (χ3n) is 4.67. The zero-order valence-corrected chi connectivity index (χ0v) is 21.0. The molecule has 34 heavy (non-hydrogen) atoms. The fourth-order valence-corrected chi connectivity index (χ4v) is 3.35. The lowest BCUT2D eigenvalue weighted by Crippen LogP contribution is -2.55. The van der Waals surface area contributed by atoms with E-state index in [9.17, 15) is 24.3 Å². The number of nitrogens with one attached hydrogen (secondary N) is 2. The van der Waals surface area contributed by atoms with Crippen LogP contribution < -0.4 is 16.4 Å². The molecule has 0 saturated carbocycles. The van der Waals surface area contributed by atoms with Crippen LogP contribution >= 0.6 is 0 Å². The van der Waals surface area contributed by atoms with Crippen LogP contribution in [0.15, 0.2) is 24.3 Å². The smallest absolute Gasteiger partial charge is 0.408 e. The number of primary amides is 1. The molecule has 0 bridgehead atoms. The molecule has 2 unspecified atom stereocenters. The molecule has 0 heterocycles.